The minimum Gasteiger partial charge on any atom is -0.464 e. The van der Waals surface area contributed by atoms with E-state index in [-0.39, 0.29) is 6.61 Å². The summed E-state index contributed by atoms with van der Waals surface area (Å²) < 4.78 is 4.50. The van der Waals surface area contributed by atoms with Crippen LogP contribution < -0.4 is 5.73 Å². The predicted octanol–water partition coefficient (Wildman–Crippen LogP) is -0.742. The molecule has 0 bridgehead atoms. The molecule has 0 aromatic carbocycles. The molecule has 0 aromatic heterocycles. The Morgan fingerprint density at radius 1 is 1.80 bits per heavy atom. The van der Waals surface area contributed by atoms with Crippen molar-refractivity contribution in [2.24, 2.45) is 5.73 Å². The maximum atomic E-state index is 10.6. The molecule has 0 radical (unpaired) electrons. The van der Waals surface area contributed by atoms with Gasteiger partial charge in [-0.25, -0.2) is 4.79 Å². The van der Waals surface area contributed by atoms with Crippen molar-refractivity contribution in [1.82, 2.24) is 0 Å². The molecule has 0 saturated carbocycles. The van der Waals surface area contributed by atoms with Crippen LogP contribution in [0.4, 0.5) is 0 Å². The van der Waals surface area contributed by atoms with E-state index in [4.69, 9.17) is 10.8 Å². The zero-order chi connectivity index (χ0) is 8.15. The molecule has 0 heterocycles. The van der Waals surface area contributed by atoms with Gasteiger partial charge < -0.3 is 15.6 Å². The van der Waals surface area contributed by atoms with E-state index in [1.54, 1.807) is 13.8 Å². The number of hydrogen-bond acceptors (Lipinski definition) is 4. The summed E-state index contributed by atoms with van der Waals surface area (Å²) in [7, 11) is 0. The first-order chi connectivity index (χ1) is 4.59. The summed E-state index contributed by atoms with van der Waals surface area (Å²) >= 11 is 0. The molecule has 0 unspecified atom stereocenters. The van der Waals surface area contributed by atoms with Gasteiger partial charge in [0.15, 0.2) is 6.10 Å². The standard InChI is InChI=1S/C6H13NO3/c1-3-10-6(9)5(8)4(2)7/h4-5,8H,3,7H2,1-2H3/t4-,5-/m1/s1. The first kappa shape index (κ1) is 9.39. The van der Waals surface area contributed by atoms with E-state index in [0.717, 1.165) is 0 Å². The summed E-state index contributed by atoms with van der Waals surface area (Å²) in [4.78, 5) is 10.6. The lowest BCUT2D eigenvalue weighted by Gasteiger charge is -2.11. The second-order valence-electron chi connectivity index (χ2n) is 2.06. The summed E-state index contributed by atoms with van der Waals surface area (Å²) in [5.41, 5.74) is 5.22. The number of ether oxygens (including phenoxy) is 1. The number of rotatable bonds is 3. The Hall–Kier alpha value is -0.610. The Morgan fingerprint density at radius 3 is 2.60 bits per heavy atom. The van der Waals surface area contributed by atoms with Crippen LogP contribution in [0.3, 0.4) is 0 Å². The number of aliphatic hydroxyl groups is 1. The Bertz CT molecular complexity index is 114. The Labute approximate surface area is 60.0 Å². The lowest BCUT2D eigenvalue weighted by Crippen LogP contribution is -2.39. The van der Waals surface area contributed by atoms with Crippen LogP contribution in [0.15, 0.2) is 0 Å². The first-order valence-corrected chi connectivity index (χ1v) is 3.19. The van der Waals surface area contributed by atoms with E-state index in [1.165, 1.54) is 0 Å². The van der Waals surface area contributed by atoms with Crippen LogP contribution in [0.25, 0.3) is 0 Å². The van der Waals surface area contributed by atoms with E-state index in [2.05, 4.69) is 4.74 Å². The van der Waals surface area contributed by atoms with Crippen molar-refractivity contribution < 1.29 is 14.6 Å². The van der Waals surface area contributed by atoms with Crippen LogP contribution in [0.2, 0.25) is 0 Å². The molecule has 0 saturated heterocycles. The van der Waals surface area contributed by atoms with Crippen molar-refractivity contribution >= 4 is 5.97 Å². The maximum Gasteiger partial charge on any atom is 0.336 e. The molecule has 10 heavy (non-hydrogen) atoms. The van der Waals surface area contributed by atoms with Crippen molar-refractivity contribution in [3.8, 4) is 0 Å². The number of aliphatic hydroxyl groups excluding tert-OH is 1. The molecule has 60 valence electrons. The third-order valence-electron chi connectivity index (χ3n) is 1.03. The van der Waals surface area contributed by atoms with Gasteiger partial charge in [-0.05, 0) is 13.8 Å². The zero-order valence-corrected chi connectivity index (χ0v) is 6.20. The smallest absolute Gasteiger partial charge is 0.336 e. The number of hydrogen-bond donors (Lipinski definition) is 2. The minimum atomic E-state index is -1.19. The molecule has 0 aliphatic heterocycles. The van der Waals surface area contributed by atoms with E-state index in [0.29, 0.717) is 0 Å². The third kappa shape index (κ3) is 2.80. The highest BCUT2D eigenvalue weighted by molar-refractivity contribution is 5.75. The van der Waals surface area contributed by atoms with Gasteiger partial charge >= 0.3 is 5.97 Å². The second kappa shape index (κ2) is 4.24. The van der Waals surface area contributed by atoms with Crippen LogP contribution in [0.1, 0.15) is 13.8 Å². The van der Waals surface area contributed by atoms with Gasteiger partial charge in [0.05, 0.1) is 6.61 Å². The fraction of sp³-hybridized carbons (Fsp3) is 0.833. The quantitative estimate of drug-likeness (QED) is 0.515. The van der Waals surface area contributed by atoms with E-state index < -0.39 is 18.1 Å². The number of esters is 1. The zero-order valence-electron chi connectivity index (χ0n) is 6.20. The molecule has 0 aliphatic rings. The predicted molar refractivity (Wildman–Crippen MR) is 36.3 cm³/mol. The summed E-state index contributed by atoms with van der Waals surface area (Å²) in [5.74, 6) is -0.655. The van der Waals surface area contributed by atoms with Gasteiger partial charge in [0.1, 0.15) is 0 Å². The van der Waals surface area contributed by atoms with Crippen molar-refractivity contribution in [1.29, 1.82) is 0 Å². The van der Waals surface area contributed by atoms with Crippen LogP contribution in [-0.4, -0.2) is 29.8 Å². The van der Waals surface area contributed by atoms with Crippen LogP contribution in [-0.2, 0) is 9.53 Å². The van der Waals surface area contributed by atoms with Crippen LogP contribution >= 0.6 is 0 Å². The van der Waals surface area contributed by atoms with Gasteiger partial charge in [-0.2, -0.15) is 0 Å². The number of nitrogens with two attached hydrogens (primary N) is 1. The number of carbonyl (C=O) groups is 1. The van der Waals surface area contributed by atoms with Gasteiger partial charge in [-0.1, -0.05) is 0 Å². The Balaban J connectivity index is 3.71. The first-order valence-electron chi connectivity index (χ1n) is 3.19. The molecule has 4 heteroatoms. The van der Waals surface area contributed by atoms with Crippen molar-refractivity contribution in [2.45, 2.75) is 26.0 Å². The SMILES string of the molecule is CCOC(=O)[C@H](O)[C@@H](C)N. The number of carbonyl (C=O) groups excluding carboxylic acids is 1. The Morgan fingerprint density at radius 2 is 2.30 bits per heavy atom. The lowest BCUT2D eigenvalue weighted by atomic mass is 10.2. The summed E-state index contributed by atoms with van der Waals surface area (Å²) in [6, 6.07) is -0.570. The monoisotopic (exact) mass is 147 g/mol. The molecule has 0 fully saturated rings. The average molecular weight is 147 g/mol. The van der Waals surface area contributed by atoms with E-state index >= 15 is 0 Å². The molecule has 0 amide bonds. The van der Waals surface area contributed by atoms with E-state index in [9.17, 15) is 4.79 Å². The van der Waals surface area contributed by atoms with Crippen LogP contribution in [0, 0.1) is 0 Å². The highest BCUT2D eigenvalue weighted by atomic mass is 16.5. The molecule has 4 nitrogen and oxygen atoms in total. The topological polar surface area (TPSA) is 72.5 Å². The molecule has 0 rings (SSSR count). The second-order valence-corrected chi connectivity index (χ2v) is 2.06. The molecular formula is C6H13NO3. The fourth-order valence-electron chi connectivity index (χ4n) is 0.442. The highest BCUT2D eigenvalue weighted by Gasteiger charge is 2.19. The minimum absolute atomic E-state index is 0.266. The summed E-state index contributed by atoms with van der Waals surface area (Å²) in [6.45, 7) is 3.48. The lowest BCUT2D eigenvalue weighted by molar-refractivity contribution is -0.153. The van der Waals surface area contributed by atoms with Gasteiger partial charge in [0, 0.05) is 6.04 Å². The van der Waals surface area contributed by atoms with Crippen molar-refractivity contribution in [3.05, 3.63) is 0 Å². The van der Waals surface area contributed by atoms with E-state index in [1.807, 2.05) is 0 Å². The molecular weight excluding hydrogens is 134 g/mol. The largest absolute Gasteiger partial charge is 0.464 e. The highest BCUT2D eigenvalue weighted by Crippen LogP contribution is 1.92. The third-order valence-corrected chi connectivity index (χ3v) is 1.03. The summed E-state index contributed by atoms with van der Waals surface area (Å²) in [5, 5.41) is 8.93. The van der Waals surface area contributed by atoms with Gasteiger partial charge in [0.2, 0.25) is 0 Å². The van der Waals surface area contributed by atoms with Gasteiger partial charge in [0.25, 0.3) is 0 Å². The molecule has 2 atom stereocenters. The molecule has 3 N–H and O–H groups in total. The Kier molecular flexibility index (Phi) is 3.99. The average Bonchev–Trinajstić information content (AvgIpc) is 1.87. The summed E-state index contributed by atoms with van der Waals surface area (Å²) in [6.07, 6.45) is -1.19. The van der Waals surface area contributed by atoms with Crippen molar-refractivity contribution in [3.63, 3.8) is 0 Å². The van der Waals surface area contributed by atoms with Gasteiger partial charge in [-0.3, -0.25) is 0 Å². The molecule has 0 spiro atoms. The van der Waals surface area contributed by atoms with Crippen LogP contribution in [0.5, 0.6) is 0 Å². The van der Waals surface area contributed by atoms with Crippen molar-refractivity contribution in [2.75, 3.05) is 6.61 Å². The van der Waals surface area contributed by atoms with Gasteiger partial charge in [-0.15, -0.1) is 0 Å². The fourth-order valence-corrected chi connectivity index (χ4v) is 0.442. The maximum absolute atomic E-state index is 10.6. The molecule has 0 aromatic rings. The molecule has 0 aliphatic carbocycles. The normalized spacial score (nSPS) is 16.0.